The van der Waals surface area contributed by atoms with Crippen LogP contribution in [-0.4, -0.2) is 16.8 Å². The number of ether oxygens (including phenoxy) is 2. The minimum absolute atomic E-state index is 0.224. The fraction of sp³-hybridized carbons (Fsp3) is 0.0714. The van der Waals surface area contributed by atoms with Gasteiger partial charge in [0, 0.05) is 12.1 Å². The maximum Gasteiger partial charge on any atom is 0.231 e. The lowest BCUT2D eigenvalue weighted by Gasteiger charge is -1.97. The zero-order chi connectivity index (χ0) is 12.8. The van der Waals surface area contributed by atoms with Gasteiger partial charge in [0.15, 0.2) is 11.5 Å². The van der Waals surface area contributed by atoms with E-state index >= 15 is 0 Å². The molecule has 0 saturated carbocycles. The van der Waals surface area contributed by atoms with Gasteiger partial charge in [-0.2, -0.15) is 0 Å². The SMILES string of the molecule is Fc1ccccc1-c1nc2cc3c(cc2[nH]1)OCO3. The second kappa shape index (κ2) is 3.71. The quantitative estimate of drug-likeness (QED) is 0.727. The Kier molecular flexibility index (Phi) is 2.03. The molecule has 0 unspecified atom stereocenters. The van der Waals surface area contributed by atoms with Gasteiger partial charge >= 0.3 is 0 Å². The topological polar surface area (TPSA) is 47.1 Å². The Morgan fingerprint density at radius 1 is 1.11 bits per heavy atom. The van der Waals surface area contributed by atoms with Crippen LogP contribution in [0.25, 0.3) is 22.4 Å². The van der Waals surface area contributed by atoms with Gasteiger partial charge in [0.05, 0.1) is 16.6 Å². The Morgan fingerprint density at radius 3 is 2.74 bits per heavy atom. The predicted octanol–water partition coefficient (Wildman–Crippen LogP) is 3.10. The van der Waals surface area contributed by atoms with Crippen molar-refractivity contribution in [2.75, 3.05) is 6.79 Å². The summed E-state index contributed by atoms with van der Waals surface area (Å²) in [6.07, 6.45) is 0. The first kappa shape index (κ1) is 10.4. The molecule has 4 nitrogen and oxygen atoms in total. The van der Waals surface area contributed by atoms with Crippen molar-refractivity contribution < 1.29 is 13.9 Å². The number of rotatable bonds is 1. The number of H-pyrrole nitrogens is 1. The number of nitrogens with zero attached hydrogens (tertiary/aromatic N) is 1. The van der Waals surface area contributed by atoms with Crippen LogP contribution in [0.15, 0.2) is 36.4 Å². The third-order valence-electron chi connectivity index (χ3n) is 3.11. The molecule has 1 aliphatic heterocycles. The smallest absolute Gasteiger partial charge is 0.231 e. The summed E-state index contributed by atoms with van der Waals surface area (Å²) in [5, 5.41) is 0. The first-order valence-corrected chi connectivity index (χ1v) is 5.85. The van der Waals surface area contributed by atoms with Crippen molar-refractivity contribution in [1.29, 1.82) is 0 Å². The van der Waals surface area contributed by atoms with Crippen molar-refractivity contribution in [1.82, 2.24) is 9.97 Å². The normalized spacial score (nSPS) is 13.1. The molecule has 0 radical (unpaired) electrons. The summed E-state index contributed by atoms with van der Waals surface area (Å²) < 4.78 is 24.3. The molecule has 2 aromatic carbocycles. The van der Waals surface area contributed by atoms with Crippen molar-refractivity contribution in [2.24, 2.45) is 0 Å². The number of hydrogen-bond donors (Lipinski definition) is 1. The van der Waals surface area contributed by atoms with Crippen molar-refractivity contribution >= 4 is 11.0 Å². The van der Waals surface area contributed by atoms with Crippen LogP contribution in [0.4, 0.5) is 4.39 Å². The maximum atomic E-state index is 13.7. The summed E-state index contributed by atoms with van der Waals surface area (Å²) in [7, 11) is 0. The number of aromatic amines is 1. The highest BCUT2D eigenvalue weighted by molar-refractivity contribution is 5.83. The van der Waals surface area contributed by atoms with Gasteiger partial charge in [-0.25, -0.2) is 9.37 Å². The number of hydrogen-bond acceptors (Lipinski definition) is 3. The van der Waals surface area contributed by atoms with E-state index in [4.69, 9.17) is 9.47 Å². The molecule has 1 N–H and O–H groups in total. The number of benzene rings is 2. The first-order chi connectivity index (χ1) is 9.31. The summed E-state index contributed by atoms with van der Waals surface area (Å²) in [5.41, 5.74) is 1.96. The van der Waals surface area contributed by atoms with E-state index in [0.717, 1.165) is 11.0 Å². The van der Waals surface area contributed by atoms with Gasteiger partial charge in [0.2, 0.25) is 6.79 Å². The Hall–Kier alpha value is -2.56. The zero-order valence-electron chi connectivity index (χ0n) is 9.81. The first-order valence-electron chi connectivity index (χ1n) is 5.85. The highest BCUT2D eigenvalue weighted by Crippen LogP contribution is 2.36. The van der Waals surface area contributed by atoms with Crippen molar-refractivity contribution in [3.05, 3.63) is 42.2 Å². The molecule has 0 saturated heterocycles. The van der Waals surface area contributed by atoms with Crippen molar-refractivity contribution in [3.8, 4) is 22.9 Å². The van der Waals surface area contributed by atoms with Crippen LogP contribution in [0.5, 0.6) is 11.5 Å². The molecule has 1 aliphatic rings. The Bertz CT molecular complexity index is 741. The fourth-order valence-corrected chi connectivity index (χ4v) is 2.18. The minimum atomic E-state index is -0.304. The lowest BCUT2D eigenvalue weighted by atomic mass is 10.2. The molecule has 0 bridgehead atoms. The van der Waals surface area contributed by atoms with Crippen molar-refractivity contribution in [3.63, 3.8) is 0 Å². The highest BCUT2D eigenvalue weighted by Gasteiger charge is 2.17. The van der Waals surface area contributed by atoms with Gasteiger partial charge in [-0.1, -0.05) is 12.1 Å². The number of nitrogens with one attached hydrogen (secondary N) is 1. The molecule has 3 aromatic rings. The average Bonchev–Trinajstić information content (AvgIpc) is 3.01. The maximum absolute atomic E-state index is 13.7. The lowest BCUT2D eigenvalue weighted by molar-refractivity contribution is 0.174. The van der Waals surface area contributed by atoms with E-state index in [1.165, 1.54) is 6.07 Å². The molecule has 4 rings (SSSR count). The van der Waals surface area contributed by atoms with E-state index in [-0.39, 0.29) is 12.6 Å². The molecule has 5 heteroatoms. The van der Waals surface area contributed by atoms with Crippen LogP contribution in [0.2, 0.25) is 0 Å². The molecule has 94 valence electrons. The highest BCUT2D eigenvalue weighted by atomic mass is 19.1. The standard InChI is InChI=1S/C14H9FN2O2/c15-9-4-2-1-3-8(9)14-16-10-5-12-13(19-7-18-12)6-11(10)17-14/h1-6H,7H2,(H,16,17). The van der Waals surface area contributed by atoms with Crippen LogP contribution in [0, 0.1) is 5.82 Å². The van der Waals surface area contributed by atoms with Gasteiger partial charge in [-0.15, -0.1) is 0 Å². The largest absolute Gasteiger partial charge is 0.454 e. The van der Waals surface area contributed by atoms with E-state index in [2.05, 4.69) is 9.97 Å². The molecule has 19 heavy (non-hydrogen) atoms. The number of fused-ring (bicyclic) bond motifs is 2. The monoisotopic (exact) mass is 256 g/mol. The van der Waals surface area contributed by atoms with E-state index < -0.39 is 0 Å². The van der Waals surface area contributed by atoms with E-state index in [1.54, 1.807) is 24.3 Å². The molecule has 0 fully saturated rings. The zero-order valence-corrected chi connectivity index (χ0v) is 9.81. The summed E-state index contributed by atoms with van der Waals surface area (Å²) in [6, 6.07) is 10.1. The third-order valence-corrected chi connectivity index (χ3v) is 3.11. The van der Waals surface area contributed by atoms with Gasteiger partial charge < -0.3 is 14.5 Å². The molecule has 0 spiro atoms. The fourth-order valence-electron chi connectivity index (χ4n) is 2.18. The summed E-state index contributed by atoms with van der Waals surface area (Å²) >= 11 is 0. The number of imidazole rings is 1. The van der Waals surface area contributed by atoms with Gasteiger partial charge in [0.25, 0.3) is 0 Å². The molecular weight excluding hydrogens is 247 g/mol. The molecule has 0 amide bonds. The Labute approximate surface area is 107 Å². The van der Waals surface area contributed by atoms with Crippen LogP contribution >= 0.6 is 0 Å². The molecule has 0 aliphatic carbocycles. The molecular formula is C14H9FN2O2. The van der Waals surface area contributed by atoms with Crippen molar-refractivity contribution in [2.45, 2.75) is 0 Å². The minimum Gasteiger partial charge on any atom is -0.454 e. The van der Waals surface area contributed by atoms with Crippen LogP contribution in [0.3, 0.4) is 0 Å². The van der Waals surface area contributed by atoms with Gasteiger partial charge in [-0.3, -0.25) is 0 Å². The van der Waals surface area contributed by atoms with E-state index in [1.807, 2.05) is 6.07 Å². The average molecular weight is 256 g/mol. The lowest BCUT2D eigenvalue weighted by Crippen LogP contribution is -1.92. The van der Waals surface area contributed by atoms with Crippen LogP contribution < -0.4 is 9.47 Å². The molecule has 2 heterocycles. The van der Waals surface area contributed by atoms with E-state index in [0.29, 0.717) is 22.9 Å². The summed E-state index contributed by atoms with van der Waals surface area (Å²) in [6.45, 7) is 0.224. The van der Waals surface area contributed by atoms with E-state index in [9.17, 15) is 4.39 Å². The second-order valence-electron chi connectivity index (χ2n) is 4.29. The number of aromatic nitrogens is 2. The number of halogens is 1. The summed E-state index contributed by atoms with van der Waals surface area (Å²) in [4.78, 5) is 7.49. The van der Waals surface area contributed by atoms with Gasteiger partial charge in [0.1, 0.15) is 11.6 Å². The molecule has 0 atom stereocenters. The Morgan fingerprint density at radius 2 is 1.89 bits per heavy atom. The Balaban J connectivity index is 1.91. The van der Waals surface area contributed by atoms with Crippen LogP contribution in [-0.2, 0) is 0 Å². The van der Waals surface area contributed by atoms with Crippen LogP contribution in [0.1, 0.15) is 0 Å². The molecule has 1 aromatic heterocycles. The summed E-state index contributed by atoms with van der Waals surface area (Å²) in [5.74, 6) is 1.54. The van der Waals surface area contributed by atoms with Gasteiger partial charge in [-0.05, 0) is 12.1 Å². The second-order valence-corrected chi connectivity index (χ2v) is 4.29. The predicted molar refractivity (Wildman–Crippen MR) is 67.6 cm³/mol. The third kappa shape index (κ3) is 1.55.